The largest absolute Gasteiger partial charge is 0.481 e. The van der Waals surface area contributed by atoms with Gasteiger partial charge in [0.25, 0.3) is 0 Å². The standard InChI is InChI=1S/C48H67N5O14/c1-23(54)22-49-32(55)16-17-45(6)29(18-36(62)63)43-48(9)47(8,21-38(66)67)28(12-15-35(60)61)40(53-48)25(3)42-46(7,20-37(64)65)26(10-13-33(56)57)30(50-42)19-31-44(4,5)27(11-14-34(58)59)39(51-31)24(2)41(45)52-43/h19,23,26-29,43,50,54H,10-18,20-22H2,1-9H3,(H,49,55)(H,56,57)(H,58,59)(H,60,61)(H,62,63)(H,64,65)(H,66,67)/b30-19?,39-24?,42-25-/t23-,26-,27-,28-,29+,43-,45-,46+,47+,48+/m1/s1. The maximum absolute atomic E-state index is 13.4. The number of rotatable bonds is 20. The van der Waals surface area contributed by atoms with E-state index in [1.165, 1.54) is 6.92 Å². The van der Waals surface area contributed by atoms with Gasteiger partial charge in [0.15, 0.2) is 0 Å². The number of carbonyl (C=O) groups excluding carboxylic acids is 1. The summed E-state index contributed by atoms with van der Waals surface area (Å²) in [4.78, 5) is 106. The Morgan fingerprint density at radius 3 is 1.79 bits per heavy atom. The van der Waals surface area contributed by atoms with Crippen molar-refractivity contribution in [1.82, 2.24) is 10.6 Å². The van der Waals surface area contributed by atoms with E-state index < -0.39 is 130 Å². The number of carboxylic acids is 6. The van der Waals surface area contributed by atoms with Gasteiger partial charge in [-0.1, -0.05) is 34.6 Å². The first kappa shape index (κ1) is 52.3. The van der Waals surface area contributed by atoms with Crippen molar-refractivity contribution >= 4 is 58.9 Å². The maximum atomic E-state index is 13.4. The van der Waals surface area contributed by atoms with Gasteiger partial charge in [-0.3, -0.25) is 48.5 Å². The third-order valence-electron chi connectivity index (χ3n) is 15.9. The number of allylic oxidation sites excluding steroid dienone is 6. The van der Waals surface area contributed by atoms with Gasteiger partial charge < -0.3 is 46.4 Å². The Kier molecular flexibility index (Phi) is 14.9. The molecule has 19 heteroatoms. The average Bonchev–Trinajstić information content (AvgIpc) is 3.80. The molecule has 0 spiro atoms. The molecule has 5 heterocycles. The first-order valence-electron chi connectivity index (χ1n) is 22.9. The number of nitrogens with zero attached hydrogens (tertiary/aromatic N) is 3. The number of aliphatic hydroxyl groups is 1. The van der Waals surface area contributed by atoms with Crippen LogP contribution in [0.15, 0.2) is 49.3 Å². The van der Waals surface area contributed by atoms with Crippen LogP contribution in [0.3, 0.4) is 0 Å². The van der Waals surface area contributed by atoms with Gasteiger partial charge >= 0.3 is 35.8 Å². The quantitative estimate of drug-likeness (QED) is 0.0745. The molecule has 0 saturated carbocycles. The number of nitrogens with one attached hydrogen (secondary N) is 2. The molecule has 0 unspecified atom stereocenters. The highest BCUT2D eigenvalue weighted by atomic mass is 16.4. The van der Waals surface area contributed by atoms with Gasteiger partial charge in [-0.2, -0.15) is 0 Å². The summed E-state index contributed by atoms with van der Waals surface area (Å²) in [5.74, 6) is -10.7. The molecule has 19 nitrogen and oxygen atoms in total. The van der Waals surface area contributed by atoms with Crippen LogP contribution in [0.4, 0.5) is 0 Å². The minimum Gasteiger partial charge on any atom is -0.481 e. The highest BCUT2D eigenvalue weighted by molar-refractivity contribution is 6.10. The fourth-order valence-electron chi connectivity index (χ4n) is 12.1. The van der Waals surface area contributed by atoms with E-state index in [4.69, 9.17) is 15.0 Å². The summed E-state index contributed by atoms with van der Waals surface area (Å²) in [7, 11) is 0. The molecule has 0 aromatic carbocycles. The summed E-state index contributed by atoms with van der Waals surface area (Å²) in [5.41, 5.74) is -3.41. The number of carbonyl (C=O) groups is 7. The number of aliphatic imine (C=N–C) groups is 3. The Labute approximate surface area is 389 Å². The van der Waals surface area contributed by atoms with Crippen molar-refractivity contribution in [2.75, 3.05) is 6.54 Å². The van der Waals surface area contributed by atoms with Crippen LogP contribution < -0.4 is 10.6 Å². The van der Waals surface area contributed by atoms with Crippen LogP contribution in [0.5, 0.6) is 0 Å². The van der Waals surface area contributed by atoms with Crippen molar-refractivity contribution < 1.29 is 69.3 Å². The summed E-state index contributed by atoms with van der Waals surface area (Å²) in [6.45, 7) is 15.6. The van der Waals surface area contributed by atoms with E-state index in [0.717, 1.165) is 0 Å². The molecule has 5 rings (SSSR count). The van der Waals surface area contributed by atoms with Crippen molar-refractivity contribution in [3.63, 3.8) is 0 Å². The third-order valence-corrected chi connectivity index (χ3v) is 15.9. The van der Waals surface area contributed by atoms with E-state index in [9.17, 15) is 69.3 Å². The Morgan fingerprint density at radius 1 is 0.716 bits per heavy atom. The number of aliphatic carboxylic acids is 6. The van der Waals surface area contributed by atoms with Crippen molar-refractivity contribution in [3.05, 3.63) is 34.3 Å². The van der Waals surface area contributed by atoms with E-state index in [-0.39, 0.29) is 57.2 Å². The lowest BCUT2D eigenvalue weighted by atomic mass is 9.55. The molecule has 1 fully saturated rings. The molecule has 10 atom stereocenters. The number of fused-ring (bicyclic) bond motifs is 6. The molecule has 9 N–H and O–H groups in total. The van der Waals surface area contributed by atoms with Crippen LogP contribution in [-0.2, 0) is 33.6 Å². The smallest absolute Gasteiger partial charge is 0.304 e. The van der Waals surface area contributed by atoms with Gasteiger partial charge in [-0.25, -0.2) is 0 Å². The zero-order chi connectivity index (χ0) is 50.4. The summed E-state index contributed by atoms with van der Waals surface area (Å²) in [6.07, 6.45) is -1.85. The van der Waals surface area contributed by atoms with Gasteiger partial charge in [-0.15, -0.1) is 0 Å². The van der Waals surface area contributed by atoms with Crippen molar-refractivity contribution in [3.8, 4) is 0 Å². The SMILES string of the molecule is CC1=C2N=C(C=C3N/C(=C(/C)C4=N[C@@](C)([C@@H]5N=C1[C@](C)(CCC(=O)NC[C@@H](C)O)[C@H]5CC(=O)O)[C@@](C)(CC(=O)O)[C@@H]4CCC(=O)O)[C@@](C)(CC(=O)O)[C@@H]3CCC(=O)O)C(C)(C)[C@@H]2CCC(=O)O. The summed E-state index contributed by atoms with van der Waals surface area (Å²) < 4.78 is 0. The van der Waals surface area contributed by atoms with Crippen LogP contribution in [0, 0.1) is 45.3 Å². The second-order valence-electron chi connectivity index (χ2n) is 20.7. The lowest BCUT2D eigenvalue weighted by Gasteiger charge is -2.48. The Hall–Kier alpha value is -5.72. The first-order chi connectivity index (χ1) is 30.9. The molecule has 5 aliphatic rings. The van der Waals surface area contributed by atoms with Crippen molar-refractivity contribution in [1.29, 1.82) is 0 Å². The molecule has 0 aromatic rings. The van der Waals surface area contributed by atoms with Crippen molar-refractivity contribution in [2.45, 2.75) is 151 Å². The Morgan fingerprint density at radius 2 is 1.27 bits per heavy atom. The van der Waals surface area contributed by atoms with Crippen LogP contribution in [0.2, 0.25) is 0 Å². The minimum atomic E-state index is -1.62. The van der Waals surface area contributed by atoms with Gasteiger partial charge in [0.2, 0.25) is 5.91 Å². The first-order valence-corrected chi connectivity index (χ1v) is 22.9. The van der Waals surface area contributed by atoms with Gasteiger partial charge in [0, 0.05) is 112 Å². The van der Waals surface area contributed by atoms with Gasteiger partial charge in [-0.05, 0) is 70.6 Å². The van der Waals surface area contributed by atoms with Gasteiger partial charge in [0.05, 0.1) is 36.9 Å². The molecular formula is C48H67N5O14. The Balaban J connectivity index is 2.00. The predicted molar refractivity (Wildman–Crippen MR) is 244 cm³/mol. The molecule has 368 valence electrons. The van der Waals surface area contributed by atoms with Crippen LogP contribution in [0.25, 0.3) is 0 Å². The molecule has 0 aromatic heterocycles. The molecule has 1 saturated heterocycles. The zero-order valence-electron chi connectivity index (χ0n) is 39.9. The number of aliphatic hydroxyl groups excluding tert-OH is 1. The molecular weight excluding hydrogens is 871 g/mol. The normalized spacial score (nSPS) is 33.3. The molecule has 5 aliphatic heterocycles. The summed E-state index contributed by atoms with van der Waals surface area (Å²) in [6, 6.07) is -1.13. The Bertz CT molecular complexity index is 2310. The number of carboxylic acid groups (broad SMARTS) is 6. The average molecular weight is 938 g/mol. The summed E-state index contributed by atoms with van der Waals surface area (Å²) in [5, 5.41) is 78.2. The van der Waals surface area contributed by atoms with E-state index in [1.807, 2.05) is 13.8 Å². The summed E-state index contributed by atoms with van der Waals surface area (Å²) >= 11 is 0. The van der Waals surface area contributed by atoms with E-state index >= 15 is 0 Å². The number of hydrogen-bond donors (Lipinski definition) is 9. The van der Waals surface area contributed by atoms with E-state index in [1.54, 1.807) is 47.6 Å². The predicted octanol–water partition coefficient (Wildman–Crippen LogP) is 5.33. The topological polar surface area (TPSA) is 322 Å². The highest BCUT2D eigenvalue weighted by Crippen LogP contribution is 2.62. The van der Waals surface area contributed by atoms with Gasteiger partial charge in [0.1, 0.15) is 0 Å². The molecule has 8 bridgehead atoms. The number of hydrogen-bond acceptors (Lipinski definition) is 12. The lowest BCUT2D eigenvalue weighted by molar-refractivity contribution is -0.143. The fourth-order valence-corrected chi connectivity index (χ4v) is 12.1. The second kappa shape index (κ2) is 19.1. The second-order valence-corrected chi connectivity index (χ2v) is 20.7. The van der Waals surface area contributed by atoms with E-state index in [2.05, 4.69) is 10.6 Å². The molecule has 0 radical (unpaired) electrons. The molecule has 1 amide bonds. The molecule has 67 heavy (non-hydrogen) atoms. The minimum absolute atomic E-state index is 0.0190. The maximum Gasteiger partial charge on any atom is 0.304 e. The van der Waals surface area contributed by atoms with Crippen LogP contribution in [0.1, 0.15) is 133 Å². The lowest BCUT2D eigenvalue weighted by Crippen LogP contribution is -2.55. The fraction of sp³-hybridized carbons (Fsp3) is 0.667. The molecule has 0 aliphatic carbocycles. The van der Waals surface area contributed by atoms with E-state index in [0.29, 0.717) is 39.7 Å². The highest BCUT2D eigenvalue weighted by Gasteiger charge is 2.66. The number of amides is 1. The third kappa shape index (κ3) is 9.84. The zero-order valence-corrected chi connectivity index (χ0v) is 39.9. The monoisotopic (exact) mass is 937 g/mol. The van der Waals surface area contributed by atoms with Crippen LogP contribution in [-0.4, -0.2) is 119 Å². The van der Waals surface area contributed by atoms with Crippen molar-refractivity contribution in [2.24, 2.45) is 60.3 Å². The van der Waals surface area contributed by atoms with Crippen LogP contribution >= 0.6 is 0 Å².